The van der Waals surface area contributed by atoms with E-state index in [-0.39, 0.29) is 0 Å². The summed E-state index contributed by atoms with van der Waals surface area (Å²) in [4.78, 5) is 5.32. The number of hydrogen-bond donors (Lipinski definition) is 0. The normalized spacial score (nSPS) is 12.3. The van der Waals surface area contributed by atoms with E-state index in [1.165, 1.54) is 32.6 Å². The van der Waals surface area contributed by atoms with Crippen LogP contribution in [-0.2, 0) is 0 Å². The van der Waals surface area contributed by atoms with Crippen molar-refractivity contribution in [2.24, 2.45) is 0 Å². The quantitative estimate of drug-likeness (QED) is 0.213. The van der Waals surface area contributed by atoms with Crippen molar-refractivity contribution < 1.29 is 4.42 Å². The summed E-state index contributed by atoms with van der Waals surface area (Å²) in [5.74, 6) is 0. The summed E-state index contributed by atoms with van der Waals surface area (Å²) in [6, 6.07) is 45.2. The van der Waals surface area contributed by atoms with E-state index in [9.17, 15) is 0 Å². The molecule has 4 aromatic heterocycles. The molecule has 0 fully saturated rings. The first-order chi connectivity index (χ1) is 20.8. The van der Waals surface area contributed by atoms with Crippen molar-refractivity contribution in [3.8, 4) is 10.8 Å². The highest BCUT2D eigenvalue weighted by Crippen LogP contribution is 2.42. The van der Waals surface area contributed by atoms with E-state index in [0.717, 1.165) is 54.0 Å². The summed E-state index contributed by atoms with van der Waals surface area (Å²) in [7, 11) is 0. The lowest BCUT2D eigenvalue weighted by atomic mass is 10.1. The monoisotopic (exact) mass is 555 g/mol. The van der Waals surface area contributed by atoms with Crippen LogP contribution in [0.5, 0.6) is 0 Å². The maximum absolute atomic E-state index is 6.19. The first-order valence-electron chi connectivity index (χ1n) is 14.1. The minimum absolute atomic E-state index is 0.872. The molecule has 196 valence electrons. The summed E-state index contributed by atoms with van der Waals surface area (Å²) in [6.45, 7) is 0. The van der Waals surface area contributed by atoms with Gasteiger partial charge in [0.05, 0.1) is 37.7 Å². The summed E-state index contributed by atoms with van der Waals surface area (Å²) >= 11 is 1.73. The second-order valence-corrected chi connectivity index (χ2v) is 11.8. The van der Waals surface area contributed by atoms with Crippen LogP contribution >= 0.6 is 11.3 Å². The van der Waals surface area contributed by atoms with Crippen molar-refractivity contribution in [2.45, 2.75) is 0 Å². The largest absolute Gasteiger partial charge is 0.456 e. The van der Waals surface area contributed by atoms with Crippen molar-refractivity contribution >= 4 is 87.1 Å². The molecule has 10 aromatic rings. The topological polar surface area (TPSA) is 35.9 Å². The van der Waals surface area contributed by atoms with Crippen LogP contribution in [0.1, 0.15) is 0 Å². The van der Waals surface area contributed by atoms with Crippen LogP contribution in [-0.4, -0.2) is 14.1 Å². The molecule has 0 spiro atoms. The van der Waals surface area contributed by atoms with Crippen LogP contribution < -0.4 is 0 Å². The van der Waals surface area contributed by atoms with Gasteiger partial charge in [0.2, 0.25) is 0 Å². The van der Waals surface area contributed by atoms with Gasteiger partial charge in [-0.1, -0.05) is 84.1 Å². The molecule has 4 nitrogen and oxygen atoms in total. The van der Waals surface area contributed by atoms with Crippen molar-refractivity contribution in [1.82, 2.24) is 14.1 Å². The molecule has 0 unspecified atom stereocenters. The molecular formula is C37H21N3OS. The second-order valence-electron chi connectivity index (χ2n) is 10.8. The molecule has 0 saturated carbocycles. The third-order valence-corrected chi connectivity index (χ3v) is 9.57. The highest BCUT2D eigenvalue weighted by molar-refractivity contribution is 7.21. The second kappa shape index (κ2) is 8.09. The average molecular weight is 556 g/mol. The lowest BCUT2D eigenvalue weighted by Crippen LogP contribution is -1.95. The number of furan rings is 1. The van der Waals surface area contributed by atoms with Gasteiger partial charge in [-0.05, 0) is 54.6 Å². The van der Waals surface area contributed by atoms with Gasteiger partial charge < -0.3 is 8.98 Å². The van der Waals surface area contributed by atoms with Gasteiger partial charge in [0.1, 0.15) is 11.2 Å². The SMILES string of the molecule is c1ccc(-n2c3ccccc3c3cc4c5ccccc5n(-c5nc6c(ccc7oc8ccccc8c76)s5)c4cc32)cc1. The van der Waals surface area contributed by atoms with Gasteiger partial charge in [-0.3, -0.25) is 4.57 Å². The van der Waals surface area contributed by atoms with Gasteiger partial charge >= 0.3 is 0 Å². The molecule has 0 aliphatic heterocycles. The van der Waals surface area contributed by atoms with Gasteiger partial charge in [0.15, 0.2) is 5.13 Å². The highest BCUT2D eigenvalue weighted by Gasteiger charge is 2.21. The molecule has 4 heterocycles. The molecule has 5 heteroatoms. The van der Waals surface area contributed by atoms with E-state index in [0.29, 0.717) is 0 Å². The summed E-state index contributed by atoms with van der Waals surface area (Å²) in [6.07, 6.45) is 0. The van der Waals surface area contributed by atoms with E-state index < -0.39 is 0 Å². The number of thiazole rings is 1. The molecule has 0 amide bonds. The van der Waals surface area contributed by atoms with Gasteiger partial charge in [0.25, 0.3) is 0 Å². The number of fused-ring (bicyclic) bond motifs is 11. The van der Waals surface area contributed by atoms with Gasteiger partial charge in [-0.15, -0.1) is 0 Å². The lowest BCUT2D eigenvalue weighted by Gasteiger charge is -2.08. The maximum Gasteiger partial charge on any atom is 0.195 e. The van der Waals surface area contributed by atoms with Crippen LogP contribution in [0.15, 0.2) is 132 Å². The fourth-order valence-electron chi connectivity index (χ4n) is 6.78. The van der Waals surface area contributed by atoms with Crippen molar-refractivity contribution in [3.63, 3.8) is 0 Å². The Morgan fingerprint density at radius 3 is 1.93 bits per heavy atom. The van der Waals surface area contributed by atoms with Crippen LogP contribution in [0.4, 0.5) is 0 Å². The Labute approximate surface area is 243 Å². The lowest BCUT2D eigenvalue weighted by molar-refractivity contribution is 0.669. The van der Waals surface area contributed by atoms with E-state index in [1.807, 2.05) is 12.1 Å². The smallest absolute Gasteiger partial charge is 0.195 e. The molecule has 0 atom stereocenters. The average Bonchev–Trinajstić information content (AvgIpc) is 3.79. The van der Waals surface area contributed by atoms with Crippen LogP contribution in [0, 0.1) is 0 Å². The number of para-hydroxylation sites is 4. The first-order valence-corrected chi connectivity index (χ1v) is 14.9. The van der Waals surface area contributed by atoms with E-state index in [2.05, 4.69) is 124 Å². The number of nitrogens with zero attached hydrogens (tertiary/aromatic N) is 3. The number of benzene rings is 6. The Bertz CT molecular complexity index is 2690. The number of hydrogen-bond acceptors (Lipinski definition) is 3. The number of aromatic nitrogens is 3. The Balaban J connectivity index is 1.35. The molecule has 0 radical (unpaired) electrons. The van der Waals surface area contributed by atoms with Gasteiger partial charge in [-0.2, -0.15) is 0 Å². The third-order valence-electron chi connectivity index (χ3n) is 8.56. The molecule has 0 aliphatic carbocycles. The van der Waals surface area contributed by atoms with E-state index >= 15 is 0 Å². The first kappa shape index (κ1) is 22.3. The van der Waals surface area contributed by atoms with Crippen molar-refractivity contribution in [1.29, 1.82) is 0 Å². The molecular weight excluding hydrogens is 534 g/mol. The van der Waals surface area contributed by atoms with Crippen molar-refractivity contribution in [3.05, 3.63) is 127 Å². The molecule has 42 heavy (non-hydrogen) atoms. The minimum atomic E-state index is 0.872. The Kier molecular flexibility index (Phi) is 4.30. The number of rotatable bonds is 2. The molecule has 0 bridgehead atoms. The summed E-state index contributed by atoms with van der Waals surface area (Å²) in [5.41, 5.74) is 8.60. The predicted molar refractivity (Wildman–Crippen MR) is 176 cm³/mol. The Hall–Kier alpha value is -5.39. The van der Waals surface area contributed by atoms with E-state index in [1.54, 1.807) is 11.3 Å². The highest BCUT2D eigenvalue weighted by atomic mass is 32.1. The van der Waals surface area contributed by atoms with Gasteiger partial charge in [-0.25, -0.2) is 4.98 Å². The molecule has 10 rings (SSSR count). The fourth-order valence-corrected chi connectivity index (χ4v) is 7.78. The Morgan fingerprint density at radius 2 is 1.14 bits per heavy atom. The zero-order chi connectivity index (χ0) is 27.4. The Morgan fingerprint density at radius 1 is 0.500 bits per heavy atom. The molecule has 6 aromatic carbocycles. The minimum Gasteiger partial charge on any atom is -0.456 e. The van der Waals surface area contributed by atoms with Crippen LogP contribution in [0.25, 0.3) is 86.6 Å². The third kappa shape index (κ3) is 2.88. The molecule has 0 saturated heterocycles. The zero-order valence-corrected chi connectivity index (χ0v) is 23.1. The zero-order valence-electron chi connectivity index (χ0n) is 22.3. The predicted octanol–water partition coefficient (Wildman–Crippen LogP) is 10.4. The maximum atomic E-state index is 6.19. The van der Waals surface area contributed by atoms with Gasteiger partial charge in [0, 0.05) is 32.6 Å². The van der Waals surface area contributed by atoms with Crippen LogP contribution in [0.3, 0.4) is 0 Å². The fraction of sp³-hybridized carbons (Fsp3) is 0. The van der Waals surface area contributed by atoms with E-state index in [4.69, 9.17) is 9.40 Å². The standard InChI is InChI=1S/C37H21N3OS/c1-2-10-22(11-3-1)39-28-15-7-4-12-23(28)26-20-27-24-13-5-8-16-29(24)40(31(27)21-30(26)39)37-38-36-34(42-37)19-18-33-35(36)25-14-6-9-17-32(25)41-33/h1-21H. The van der Waals surface area contributed by atoms with Crippen LogP contribution in [0.2, 0.25) is 0 Å². The molecule has 0 N–H and O–H groups in total. The summed E-state index contributed by atoms with van der Waals surface area (Å²) in [5, 5.41) is 8.10. The van der Waals surface area contributed by atoms with Crippen molar-refractivity contribution in [2.75, 3.05) is 0 Å². The summed E-state index contributed by atoms with van der Waals surface area (Å²) < 4.78 is 12.1. The molecule has 0 aliphatic rings.